The van der Waals surface area contributed by atoms with Crippen LogP contribution in [-0.4, -0.2) is 63.2 Å². The van der Waals surface area contributed by atoms with Gasteiger partial charge in [0.1, 0.15) is 25.6 Å². The minimum absolute atomic E-state index is 0.0428. The molecule has 3 heterocycles. The fourth-order valence-electron chi connectivity index (χ4n) is 5.61. The van der Waals surface area contributed by atoms with Crippen LogP contribution in [0.5, 0.6) is 0 Å². The molecule has 7 rings (SSSR count). The molecule has 5 aromatic rings. The van der Waals surface area contributed by atoms with Gasteiger partial charge >= 0.3 is 0 Å². The van der Waals surface area contributed by atoms with Crippen molar-refractivity contribution in [3.8, 4) is 0 Å². The lowest BCUT2D eigenvalue weighted by Crippen LogP contribution is -2.45. The van der Waals surface area contributed by atoms with Crippen LogP contribution < -0.4 is 5.32 Å². The van der Waals surface area contributed by atoms with Crippen molar-refractivity contribution in [3.05, 3.63) is 160 Å². The summed E-state index contributed by atoms with van der Waals surface area (Å²) in [7, 11) is 0. The van der Waals surface area contributed by atoms with E-state index in [1.165, 1.54) is 4.90 Å². The highest BCUT2D eigenvalue weighted by Gasteiger charge is 2.37. The van der Waals surface area contributed by atoms with Gasteiger partial charge in [-0.1, -0.05) is 84.9 Å². The normalized spacial score (nSPS) is 13.8. The van der Waals surface area contributed by atoms with E-state index in [1.807, 2.05) is 60.7 Å². The molecule has 49 heavy (non-hydrogen) atoms. The lowest BCUT2D eigenvalue weighted by atomic mass is 10.1. The molecule has 1 N–H and O–H groups in total. The molecule has 0 aliphatic carbocycles. The summed E-state index contributed by atoms with van der Waals surface area (Å²) >= 11 is 0. The van der Waals surface area contributed by atoms with Crippen LogP contribution in [0.25, 0.3) is 0 Å². The summed E-state index contributed by atoms with van der Waals surface area (Å²) in [5.41, 5.74) is 4.23. The maximum Gasteiger partial charge on any atom is 0.262 e. The number of carbonyl (C=O) groups excluding carboxylic acids is 6. The lowest BCUT2D eigenvalue weighted by molar-refractivity contribution is -0.124. The van der Waals surface area contributed by atoms with Gasteiger partial charge in [-0.25, -0.2) is 4.98 Å². The Morgan fingerprint density at radius 3 is 1.65 bits per heavy atom. The second-order valence-electron chi connectivity index (χ2n) is 11.4. The number of imide groups is 2. The van der Waals surface area contributed by atoms with Crippen LogP contribution in [-0.2, 0) is 29.0 Å². The highest BCUT2D eigenvalue weighted by molar-refractivity contribution is 6.22. The van der Waals surface area contributed by atoms with Crippen LogP contribution in [0.2, 0.25) is 0 Å². The van der Waals surface area contributed by atoms with Gasteiger partial charge in [-0.2, -0.15) is 0 Å². The molecule has 2 aliphatic rings. The van der Waals surface area contributed by atoms with Crippen molar-refractivity contribution >= 4 is 35.8 Å². The molecule has 5 amide bonds. The van der Waals surface area contributed by atoms with Crippen LogP contribution in [0.4, 0.5) is 0 Å². The first-order chi connectivity index (χ1) is 23.8. The molecule has 2 aliphatic heterocycles. The summed E-state index contributed by atoms with van der Waals surface area (Å²) in [6.07, 6.45) is 3.21. The Labute approximate surface area is 281 Å². The molecule has 0 radical (unpaired) electrons. The first-order valence-corrected chi connectivity index (χ1v) is 15.5. The Bertz CT molecular complexity index is 1970. The molecule has 0 fully saturated rings. The standard InChI is InChI=1S/C19H16N2O4.C19H14N2O3/c22-12-14(10-13-6-2-1-3-7-13)20-17(23)11-21-18(24)15-8-4-5-9-16(15)19(21)25;22-18-15-8-4-5-9-16(15)19(23)21(18)11-17-20-14(12-24-17)10-13-6-2-1-3-7-13/h1-9,12,14H,10-11H2,(H,20,23);1-9,12H,10-11H2. The number of benzene rings is 4. The molecule has 0 bridgehead atoms. The van der Waals surface area contributed by atoms with E-state index in [-0.39, 0.29) is 29.5 Å². The topological polar surface area (TPSA) is 147 Å². The Morgan fingerprint density at radius 1 is 0.673 bits per heavy atom. The maximum absolute atomic E-state index is 12.3. The first kappa shape index (κ1) is 32.5. The van der Waals surface area contributed by atoms with Gasteiger partial charge in [0.25, 0.3) is 23.6 Å². The summed E-state index contributed by atoms with van der Waals surface area (Å²) in [6.45, 7) is -0.368. The number of nitrogens with zero attached hydrogens (tertiary/aromatic N) is 3. The van der Waals surface area contributed by atoms with Crippen molar-refractivity contribution in [1.82, 2.24) is 20.1 Å². The summed E-state index contributed by atoms with van der Waals surface area (Å²) in [5.74, 6) is -1.81. The van der Waals surface area contributed by atoms with Crippen molar-refractivity contribution < 1.29 is 33.2 Å². The summed E-state index contributed by atoms with van der Waals surface area (Å²) in [4.78, 5) is 79.0. The predicted octanol–water partition coefficient (Wildman–Crippen LogP) is 4.27. The number of nitrogens with one attached hydrogen (secondary N) is 1. The maximum atomic E-state index is 12.3. The molecule has 0 spiro atoms. The number of fused-ring (bicyclic) bond motifs is 2. The lowest BCUT2D eigenvalue weighted by Gasteiger charge is -2.17. The average molecular weight is 655 g/mol. The number of hydrogen-bond donors (Lipinski definition) is 1. The summed E-state index contributed by atoms with van der Waals surface area (Å²) in [6, 6.07) is 31.7. The van der Waals surface area contributed by atoms with Crippen molar-refractivity contribution in [3.63, 3.8) is 0 Å². The van der Waals surface area contributed by atoms with Crippen molar-refractivity contribution in [2.75, 3.05) is 6.54 Å². The number of aromatic nitrogens is 1. The van der Waals surface area contributed by atoms with Gasteiger partial charge in [0.05, 0.1) is 34.0 Å². The third kappa shape index (κ3) is 7.25. The van der Waals surface area contributed by atoms with E-state index >= 15 is 0 Å². The number of carbonyl (C=O) groups is 6. The van der Waals surface area contributed by atoms with Crippen LogP contribution in [0.1, 0.15) is 64.1 Å². The monoisotopic (exact) mass is 654 g/mol. The van der Waals surface area contributed by atoms with E-state index in [1.54, 1.807) is 54.8 Å². The highest BCUT2D eigenvalue weighted by Crippen LogP contribution is 2.25. The van der Waals surface area contributed by atoms with Gasteiger partial charge in [-0.15, -0.1) is 0 Å². The van der Waals surface area contributed by atoms with E-state index in [4.69, 9.17) is 4.42 Å². The number of amides is 5. The Balaban J connectivity index is 0.000000170. The fourth-order valence-corrected chi connectivity index (χ4v) is 5.61. The van der Waals surface area contributed by atoms with E-state index in [2.05, 4.69) is 10.3 Å². The number of rotatable bonds is 10. The zero-order valence-corrected chi connectivity index (χ0v) is 26.2. The van der Waals surface area contributed by atoms with Crippen LogP contribution in [0.3, 0.4) is 0 Å². The minimum Gasteiger partial charge on any atom is -0.447 e. The molecular formula is C38H30N4O7. The molecule has 244 valence electrons. The van der Waals surface area contributed by atoms with Crippen LogP contribution in [0, 0.1) is 0 Å². The number of aldehydes is 1. The van der Waals surface area contributed by atoms with Gasteiger partial charge in [0.15, 0.2) is 0 Å². The van der Waals surface area contributed by atoms with Crippen molar-refractivity contribution in [1.29, 1.82) is 0 Å². The number of oxazole rings is 1. The zero-order chi connectivity index (χ0) is 34.3. The minimum atomic E-state index is -0.718. The average Bonchev–Trinajstić information content (AvgIpc) is 3.75. The van der Waals surface area contributed by atoms with Crippen LogP contribution >= 0.6 is 0 Å². The molecule has 11 nitrogen and oxygen atoms in total. The van der Waals surface area contributed by atoms with Crippen molar-refractivity contribution in [2.45, 2.75) is 25.4 Å². The summed E-state index contributed by atoms with van der Waals surface area (Å²) < 4.78 is 5.44. The first-order valence-electron chi connectivity index (χ1n) is 15.5. The highest BCUT2D eigenvalue weighted by atomic mass is 16.3. The molecule has 0 saturated heterocycles. The second kappa shape index (κ2) is 14.5. The quantitative estimate of drug-likeness (QED) is 0.174. The van der Waals surface area contributed by atoms with Gasteiger partial charge in [-0.05, 0) is 41.8 Å². The second-order valence-corrected chi connectivity index (χ2v) is 11.4. The van der Waals surface area contributed by atoms with E-state index in [0.717, 1.165) is 21.7 Å². The zero-order valence-electron chi connectivity index (χ0n) is 26.2. The van der Waals surface area contributed by atoms with Gasteiger partial charge in [0.2, 0.25) is 11.8 Å². The molecule has 11 heteroatoms. The molecular weight excluding hydrogens is 624 g/mol. The van der Waals surface area contributed by atoms with E-state index < -0.39 is 30.3 Å². The SMILES string of the molecule is O=C1c2ccccc2C(=O)N1Cc1nc(Cc2ccccc2)co1.O=CC(Cc1ccccc1)NC(=O)CN1C(=O)c2ccccc2C1=O. The smallest absolute Gasteiger partial charge is 0.262 e. The largest absolute Gasteiger partial charge is 0.447 e. The third-order valence-electron chi connectivity index (χ3n) is 7.99. The Kier molecular flexibility index (Phi) is 9.61. The number of hydrogen-bond acceptors (Lipinski definition) is 8. The van der Waals surface area contributed by atoms with Gasteiger partial charge in [0, 0.05) is 6.42 Å². The van der Waals surface area contributed by atoms with Gasteiger partial charge in [-0.3, -0.25) is 33.8 Å². The van der Waals surface area contributed by atoms with E-state index in [9.17, 15) is 28.8 Å². The third-order valence-corrected chi connectivity index (χ3v) is 7.99. The Hall–Kier alpha value is -6.49. The molecule has 4 aromatic carbocycles. The molecule has 1 aromatic heterocycles. The summed E-state index contributed by atoms with van der Waals surface area (Å²) in [5, 5.41) is 2.56. The molecule has 1 unspecified atom stereocenters. The fraction of sp³-hybridized carbons (Fsp3) is 0.132. The molecule has 0 saturated carbocycles. The van der Waals surface area contributed by atoms with E-state index in [0.29, 0.717) is 36.1 Å². The van der Waals surface area contributed by atoms with Gasteiger partial charge < -0.3 is 14.5 Å². The van der Waals surface area contributed by atoms with Crippen molar-refractivity contribution in [2.24, 2.45) is 0 Å². The molecule has 1 atom stereocenters. The van der Waals surface area contributed by atoms with Crippen LogP contribution in [0.15, 0.2) is 120 Å². The Morgan fingerprint density at radius 2 is 1.14 bits per heavy atom. The predicted molar refractivity (Wildman–Crippen MR) is 176 cm³/mol.